The summed E-state index contributed by atoms with van der Waals surface area (Å²) in [6.07, 6.45) is 6.56. The number of morpholine rings is 1. The molecular formula is C20H32ClN3O. The number of benzene rings is 1. The van der Waals surface area contributed by atoms with E-state index in [1.807, 2.05) is 0 Å². The fraction of sp³-hybridized carbons (Fsp3) is 0.700. The largest absolute Gasteiger partial charge is 0.379 e. The molecule has 1 saturated carbocycles. The Kier molecular flexibility index (Phi) is 7.00. The van der Waals surface area contributed by atoms with Crippen molar-refractivity contribution in [2.45, 2.75) is 50.2 Å². The number of halogens is 1. The van der Waals surface area contributed by atoms with Crippen molar-refractivity contribution in [3.8, 4) is 0 Å². The molecule has 2 saturated heterocycles. The van der Waals surface area contributed by atoms with E-state index < -0.39 is 0 Å². The van der Waals surface area contributed by atoms with E-state index in [1.54, 1.807) is 0 Å². The highest BCUT2D eigenvalue weighted by Crippen LogP contribution is 2.31. The van der Waals surface area contributed by atoms with E-state index in [2.05, 4.69) is 45.9 Å². The molecule has 0 aromatic heterocycles. The van der Waals surface area contributed by atoms with Gasteiger partial charge in [0, 0.05) is 43.4 Å². The van der Waals surface area contributed by atoms with Crippen molar-refractivity contribution >= 4 is 18.1 Å². The van der Waals surface area contributed by atoms with Gasteiger partial charge < -0.3 is 20.3 Å². The minimum absolute atomic E-state index is 0. The van der Waals surface area contributed by atoms with E-state index in [4.69, 9.17) is 4.74 Å². The summed E-state index contributed by atoms with van der Waals surface area (Å²) in [6, 6.07) is 12.8. The Bertz CT molecular complexity index is 501. The Morgan fingerprint density at radius 3 is 2.56 bits per heavy atom. The lowest BCUT2D eigenvalue weighted by atomic mass is 9.92. The van der Waals surface area contributed by atoms with Crippen molar-refractivity contribution in [1.82, 2.24) is 10.6 Å². The molecule has 3 aliphatic rings. The van der Waals surface area contributed by atoms with Crippen molar-refractivity contribution in [2.24, 2.45) is 5.92 Å². The minimum atomic E-state index is 0. The van der Waals surface area contributed by atoms with Gasteiger partial charge in [0.05, 0.1) is 13.2 Å². The third-order valence-electron chi connectivity index (χ3n) is 6.10. The Balaban J connectivity index is 0.00000182. The Morgan fingerprint density at radius 1 is 1.04 bits per heavy atom. The van der Waals surface area contributed by atoms with Crippen LogP contribution >= 0.6 is 12.4 Å². The zero-order chi connectivity index (χ0) is 16.2. The number of anilines is 1. The van der Waals surface area contributed by atoms with Crippen LogP contribution in [0, 0.1) is 5.92 Å². The maximum atomic E-state index is 5.70. The van der Waals surface area contributed by atoms with Gasteiger partial charge in [0.15, 0.2) is 0 Å². The highest BCUT2D eigenvalue weighted by Gasteiger charge is 2.36. The number of para-hydroxylation sites is 1. The van der Waals surface area contributed by atoms with Gasteiger partial charge in [-0.3, -0.25) is 0 Å². The van der Waals surface area contributed by atoms with Crippen LogP contribution in [0.25, 0.3) is 0 Å². The van der Waals surface area contributed by atoms with Gasteiger partial charge in [-0.2, -0.15) is 0 Å². The van der Waals surface area contributed by atoms with E-state index in [0.29, 0.717) is 18.1 Å². The van der Waals surface area contributed by atoms with Crippen LogP contribution < -0.4 is 15.5 Å². The van der Waals surface area contributed by atoms with Crippen LogP contribution in [-0.4, -0.2) is 51.0 Å². The van der Waals surface area contributed by atoms with Gasteiger partial charge in [0.25, 0.3) is 0 Å². The quantitative estimate of drug-likeness (QED) is 0.860. The summed E-state index contributed by atoms with van der Waals surface area (Å²) in [5.74, 6) is 0.748. The van der Waals surface area contributed by atoms with Gasteiger partial charge in [0.1, 0.15) is 0 Å². The lowest BCUT2D eigenvalue weighted by Gasteiger charge is -2.38. The number of rotatable bonds is 4. The Morgan fingerprint density at radius 2 is 1.84 bits per heavy atom. The molecule has 1 aliphatic carbocycles. The van der Waals surface area contributed by atoms with Crippen molar-refractivity contribution in [1.29, 1.82) is 0 Å². The summed E-state index contributed by atoms with van der Waals surface area (Å²) in [5, 5.41) is 7.70. The first-order valence-electron chi connectivity index (χ1n) is 9.77. The van der Waals surface area contributed by atoms with Crippen LogP contribution in [0.1, 0.15) is 32.1 Å². The molecule has 1 aromatic carbocycles. The van der Waals surface area contributed by atoms with Crippen LogP contribution in [-0.2, 0) is 4.74 Å². The average molecular weight is 366 g/mol. The van der Waals surface area contributed by atoms with E-state index in [1.165, 1.54) is 50.9 Å². The Hall–Kier alpha value is -0.810. The van der Waals surface area contributed by atoms with Crippen molar-refractivity contribution in [2.75, 3.05) is 37.7 Å². The fourth-order valence-corrected chi connectivity index (χ4v) is 4.78. The number of hydrogen-bond acceptors (Lipinski definition) is 4. The van der Waals surface area contributed by atoms with E-state index in [9.17, 15) is 0 Å². The minimum Gasteiger partial charge on any atom is -0.379 e. The van der Waals surface area contributed by atoms with Crippen molar-refractivity contribution < 1.29 is 4.74 Å². The normalized spacial score (nSPS) is 30.9. The van der Waals surface area contributed by atoms with Crippen LogP contribution in [0.4, 0.5) is 5.69 Å². The molecule has 0 amide bonds. The second-order valence-electron chi connectivity index (χ2n) is 7.60. The molecule has 3 unspecified atom stereocenters. The second kappa shape index (κ2) is 9.22. The van der Waals surface area contributed by atoms with E-state index in [-0.39, 0.29) is 12.4 Å². The molecule has 4 rings (SSSR count). The SMILES string of the molecule is Cl.c1ccc(N2CCC(NC3CCCC3C3COCCN3)CC2)cc1. The molecule has 0 bridgehead atoms. The summed E-state index contributed by atoms with van der Waals surface area (Å²) in [5.41, 5.74) is 1.37. The molecule has 1 aromatic rings. The monoisotopic (exact) mass is 365 g/mol. The highest BCUT2D eigenvalue weighted by molar-refractivity contribution is 5.85. The van der Waals surface area contributed by atoms with Crippen LogP contribution in [0.2, 0.25) is 0 Å². The standard InChI is InChI=1S/C20H31N3O.ClH/c1-2-5-17(6-3-1)23-12-9-16(10-13-23)22-19-8-4-7-18(19)20-15-24-14-11-21-20;/h1-3,5-6,16,18-22H,4,7-15H2;1H. The molecule has 0 spiro atoms. The second-order valence-corrected chi connectivity index (χ2v) is 7.60. The molecule has 4 nitrogen and oxygen atoms in total. The predicted octanol–water partition coefficient (Wildman–Crippen LogP) is 2.82. The number of hydrogen-bond donors (Lipinski definition) is 2. The zero-order valence-electron chi connectivity index (χ0n) is 15.0. The van der Waals surface area contributed by atoms with Gasteiger partial charge in [0.2, 0.25) is 0 Å². The first-order valence-corrected chi connectivity index (χ1v) is 9.77. The number of ether oxygens (including phenoxy) is 1. The topological polar surface area (TPSA) is 36.5 Å². The Labute approximate surface area is 158 Å². The van der Waals surface area contributed by atoms with Crippen LogP contribution in [0.3, 0.4) is 0 Å². The predicted molar refractivity (Wildman–Crippen MR) is 106 cm³/mol. The fourth-order valence-electron chi connectivity index (χ4n) is 4.78. The van der Waals surface area contributed by atoms with Crippen molar-refractivity contribution in [3.63, 3.8) is 0 Å². The summed E-state index contributed by atoms with van der Waals surface area (Å²) in [4.78, 5) is 2.53. The smallest absolute Gasteiger partial charge is 0.0623 e. The molecule has 140 valence electrons. The molecule has 25 heavy (non-hydrogen) atoms. The van der Waals surface area contributed by atoms with Crippen LogP contribution in [0.15, 0.2) is 30.3 Å². The number of nitrogens with one attached hydrogen (secondary N) is 2. The third kappa shape index (κ3) is 4.68. The summed E-state index contributed by atoms with van der Waals surface area (Å²) < 4.78 is 5.70. The highest BCUT2D eigenvalue weighted by atomic mass is 35.5. The number of piperidine rings is 1. The van der Waals surface area contributed by atoms with Gasteiger partial charge in [-0.25, -0.2) is 0 Å². The summed E-state index contributed by atoms with van der Waals surface area (Å²) >= 11 is 0. The first-order chi connectivity index (χ1) is 11.9. The zero-order valence-corrected chi connectivity index (χ0v) is 15.8. The van der Waals surface area contributed by atoms with Crippen molar-refractivity contribution in [3.05, 3.63) is 30.3 Å². The van der Waals surface area contributed by atoms with Gasteiger partial charge in [-0.15, -0.1) is 12.4 Å². The summed E-state index contributed by atoms with van der Waals surface area (Å²) in [6.45, 7) is 5.13. The first kappa shape index (κ1) is 19.0. The van der Waals surface area contributed by atoms with E-state index >= 15 is 0 Å². The van der Waals surface area contributed by atoms with Gasteiger partial charge in [-0.1, -0.05) is 24.6 Å². The van der Waals surface area contributed by atoms with Crippen LogP contribution in [0.5, 0.6) is 0 Å². The third-order valence-corrected chi connectivity index (χ3v) is 6.10. The van der Waals surface area contributed by atoms with Gasteiger partial charge >= 0.3 is 0 Å². The molecule has 3 atom stereocenters. The molecule has 2 heterocycles. The molecule has 0 radical (unpaired) electrons. The summed E-state index contributed by atoms with van der Waals surface area (Å²) in [7, 11) is 0. The molecule has 2 N–H and O–H groups in total. The maximum Gasteiger partial charge on any atom is 0.0623 e. The van der Waals surface area contributed by atoms with Gasteiger partial charge in [-0.05, 0) is 43.7 Å². The molecular weight excluding hydrogens is 334 g/mol. The molecule has 5 heteroatoms. The maximum absolute atomic E-state index is 5.70. The lowest BCUT2D eigenvalue weighted by molar-refractivity contribution is 0.0514. The van der Waals surface area contributed by atoms with E-state index in [0.717, 1.165) is 25.7 Å². The number of nitrogens with zero attached hydrogens (tertiary/aromatic N) is 1. The average Bonchev–Trinajstić information content (AvgIpc) is 3.12. The molecule has 2 aliphatic heterocycles. The molecule has 3 fully saturated rings. The lowest BCUT2D eigenvalue weighted by Crippen LogP contribution is -2.53.